The molecule has 92 valence electrons. The van der Waals surface area contributed by atoms with E-state index in [-0.39, 0.29) is 11.7 Å². The van der Waals surface area contributed by atoms with Crippen LogP contribution in [0.3, 0.4) is 0 Å². The summed E-state index contributed by atoms with van der Waals surface area (Å²) in [4.78, 5) is 13.5. The summed E-state index contributed by atoms with van der Waals surface area (Å²) in [6.45, 7) is 2.88. The van der Waals surface area contributed by atoms with E-state index >= 15 is 0 Å². The molecule has 0 aromatic heterocycles. The quantitative estimate of drug-likeness (QED) is 0.192. The number of carbonyl (C=O) groups excluding carboxylic acids is 1. The SMILES string of the molecule is NC(CCCNCC(=O)N1CCCC1)=NO. The van der Waals surface area contributed by atoms with Crippen LogP contribution in [0.5, 0.6) is 0 Å². The van der Waals surface area contributed by atoms with E-state index in [4.69, 9.17) is 10.9 Å². The molecule has 4 N–H and O–H groups in total. The number of hydrogen-bond acceptors (Lipinski definition) is 4. The highest BCUT2D eigenvalue weighted by Gasteiger charge is 2.16. The van der Waals surface area contributed by atoms with Gasteiger partial charge < -0.3 is 21.2 Å². The Kier molecular flexibility index (Phi) is 5.63. The van der Waals surface area contributed by atoms with Gasteiger partial charge in [-0.1, -0.05) is 5.16 Å². The highest BCUT2D eigenvalue weighted by atomic mass is 16.4. The molecule has 1 saturated heterocycles. The molecule has 1 fully saturated rings. The van der Waals surface area contributed by atoms with Crippen LogP contribution in [0.1, 0.15) is 25.7 Å². The summed E-state index contributed by atoms with van der Waals surface area (Å²) in [5, 5.41) is 14.2. The molecular weight excluding hydrogens is 208 g/mol. The van der Waals surface area contributed by atoms with Crippen LogP contribution in [-0.4, -0.2) is 48.0 Å². The normalized spacial score (nSPS) is 16.8. The largest absolute Gasteiger partial charge is 0.409 e. The molecule has 0 aliphatic carbocycles. The van der Waals surface area contributed by atoms with Crippen molar-refractivity contribution in [2.24, 2.45) is 10.9 Å². The van der Waals surface area contributed by atoms with Crippen LogP contribution < -0.4 is 11.1 Å². The van der Waals surface area contributed by atoms with Gasteiger partial charge in [-0.05, 0) is 25.8 Å². The van der Waals surface area contributed by atoms with Gasteiger partial charge in [0.05, 0.1) is 6.54 Å². The number of nitrogens with zero attached hydrogens (tertiary/aromatic N) is 2. The van der Waals surface area contributed by atoms with Crippen molar-refractivity contribution in [3.8, 4) is 0 Å². The molecule has 0 atom stereocenters. The Hall–Kier alpha value is -1.30. The summed E-state index contributed by atoms with van der Waals surface area (Å²) in [6.07, 6.45) is 3.55. The van der Waals surface area contributed by atoms with E-state index in [9.17, 15) is 4.79 Å². The van der Waals surface area contributed by atoms with Gasteiger partial charge in [-0.2, -0.15) is 0 Å². The Morgan fingerprint density at radius 1 is 1.44 bits per heavy atom. The number of rotatable bonds is 6. The average Bonchev–Trinajstić information content (AvgIpc) is 2.81. The van der Waals surface area contributed by atoms with Gasteiger partial charge >= 0.3 is 0 Å². The lowest BCUT2D eigenvalue weighted by Crippen LogP contribution is -2.36. The van der Waals surface area contributed by atoms with Gasteiger partial charge in [0.25, 0.3) is 0 Å². The number of carbonyl (C=O) groups is 1. The highest BCUT2D eigenvalue weighted by Crippen LogP contribution is 2.06. The number of likely N-dealkylation sites (tertiary alicyclic amines) is 1. The third kappa shape index (κ3) is 4.48. The summed E-state index contributed by atoms with van der Waals surface area (Å²) in [7, 11) is 0. The minimum atomic E-state index is 0.168. The summed E-state index contributed by atoms with van der Waals surface area (Å²) >= 11 is 0. The van der Waals surface area contributed by atoms with E-state index in [0.29, 0.717) is 19.5 Å². The van der Waals surface area contributed by atoms with Crippen molar-refractivity contribution in [2.75, 3.05) is 26.2 Å². The molecule has 0 bridgehead atoms. The molecule has 16 heavy (non-hydrogen) atoms. The molecule has 1 aliphatic heterocycles. The Labute approximate surface area is 95.5 Å². The van der Waals surface area contributed by atoms with Crippen LogP contribution in [-0.2, 0) is 4.79 Å². The van der Waals surface area contributed by atoms with Crippen molar-refractivity contribution in [3.63, 3.8) is 0 Å². The zero-order valence-electron chi connectivity index (χ0n) is 9.48. The lowest BCUT2D eigenvalue weighted by molar-refractivity contribution is -0.129. The molecule has 0 radical (unpaired) electrons. The standard InChI is InChI=1S/C10H20N4O2/c11-9(13-16)4-3-5-12-8-10(15)14-6-1-2-7-14/h12,16H,1-8H2,(H2,11,13). The first kappa shape index (κ1) is 12.8. The van der Waals surface area contributed by atoms with Crippen molar-refractivity contribution in [2.45, 2.75) is 25.7 Å². The minimum Gasteiger partial charge on any atom is -0.409 e. The van der Waals surface area contributed by atoms with Gasteiger partial charge in [-0.3, -0.25) is 4.79 Å². The van der Waals surface area contributed by atoms with E-state index in [0.717, 1.165) is 32.4 Å². The number of nitrogens with two attached hydrogens (primary N) is 1. The lowest BCUT2D eigenvalue weighted by Gasteiger charge is -2.15. The van der Waals surface area contributed by atoms with Gasteiger partial charge in [-0.25, -0.2) is 0 Å². The first-order chi connectivity index (χ1) is 7.74. The van der Waals surface area contributed by atoms with Gasteiger partial charge in [0.2, 0.25) is 5.91 Å². The molecule has 0 spiro atoms. The van der Waals surface area contributed by atoms with Gasteiger partial charge in [0.15, 0.2) is 0 Å². The molecule has 0 aromatic carbocycles. The molecule has 0 saturated carbocycles. The Balaban J connectivity index is 2.00. The Morgan fingerprint density at radius 2 is 2.12 bits per heavy atom. The van der Waals surface area contributed by atoms with Crippen LogP contribution in [0, 0.1) is 0 Å². The molecule has 6 heteroatoms. The number of oxime groups is 1. The Bertz CT molecular complexity index is 249. The van der Waals surface area contributed by atoms with E-state index in [1.54, 1.807) is 0 Å². The zero-order chi connectivity index (χ0) is 11.8. The van der Waals surface area contributed by atoms with Crippen LogP contribution >= 0.6 is 0 Å². The third-order valence-electron chi connectivity index (χ3n) is 2.65. The Morgan fingerprint density at radius 3 is 2.75 bits per heavy atom. The van der Waals surface area contributed by atoms with Crippen LogP contribution in [0.25, 0.3) is 0 Å². The van der Waals surface area contributed by atoms with Crippen molar-refractivity contribution in [1.29, 1.82) is 0 Å². The molecule has 0 aromatic rings. The van der Waals surface area contributed by atoms with E-state index in [1.807, 2.05) is 4.90 Å². The summed E-state index contributed by atoms with van der Waals surface area (Å²) < 4.78 is 0. The fourth-order valence-corrected chi connectivity index (χ4v) is 1.72. The summed E-state index contributed by atoms with van der Waals surface area (Å²) in [6, 6.07) is 0. The van der Waals surface area contributed by atoms with Crippen LogP contribution in [0.4, 0.5) is 0 Å². The molecule has 6 nitrogen and oxygen atoms in total. The lowest BCUT2D eigenvalue weighted by atomic mass is 10.3. The first-order valence-corrected chi connectivity index (χ1v) is 5.69. The second-order valence-electron chi connectivity index (χ2n) is 3.96. The van der Waals surface area contributed by atoms with E-state index < -0.39 is 0 Å². The number of amides is 1. The molecule has 1 rings (SSSR count). The van der Waals surface area contributed by atoms with E-state index in [1.165, 1.54) is 0 Å². The molecule has 1 aliphatic rings. The maximum Gasteiger partial charge on any atom is 0.236 e. The van der Waals surface area contributed by atoms with Crippen molar-refractivity contribution < 1.29 is 10.0 Å². The zero-order valence-corrected chi connectivity index (χ0v) is 9.48. The first-order valence-electron chi connectivity index (χ1n) is 5.69. The fraction of sp³-hybridized carbons (Fsp3) is 0.800. The number of nitrogens with one attached hydrogen (secondary N) is 1. The fourth-order valence-electron chi connectivity index (χ4n) is 1.72. The smallest absolute Gasteiger partial charge is 0.236 e. The van der Waals surface area contributed by atoms with Crippen molar-refractivity contribution in [1.82, 2.24) is 10.2 Å². The maximum absolute atomic E-state index is 11.6. The second kappa shape index (κ2) is 7.05. The predicted molar refractivity (Wildman–Crippen MR) is 61.3 cm³/mol. The maximum atomic E-state index is 11.6. The second-order valence-corrected chi connectivity index (χ2v) is 3.96. The average molecular weight is 228 g/mol. The number of hydrogen-bond donors (Lipinski definition) is 3. The summed E-state index contributed by atoms with van der Waals surface area (Å²) in [5.41, 5.74) is 5.31. The van der Waals surface area contributed by atoms with Crippen molar-refractivity contribution in [3.05, 3.63) is 0 Å². The van der Waals surface area contributed by atoms with Crippen LogP contribution in [0.2, 0.25) is 0 Å². The minimum absolute atomic E-state index is 0.168. The van der Waals surface area contributed by atoms with Crippen molar-refractivity contribution >= 4 is 11.7 Å². The topological polar surface area (TPSA) is 91.0 Å². The molecule has 1 amide bonds. The third-order valence-corrected chi connectivity index (χ3v) is 2.65. The molecular formula is C10H20N4O2. The monoisotopic (exact) mass is 228 g/mol. The molecule has 0 unspecified atom stereocenters. The van der Waals surface area contributed by atoms with Gasteiger partial charge in [0, 0.05) is 19.5 Å². The number of amidine groups is 1. The van der Waals surface area contributed by atoms with Crippen LogP contribution in [0.15, 0.2) is 5.16 Å². The van der Waals surface area contributed by atoms with Gasteiger partial charge in [-0.15, -0.1) is 0 Å². The van der Waals surface area contributed by atoms with E-state index in [2.05, 4.69) is 10.5 Å². The van der Waals surface area contributed by atoms with Gasteiger partial charge in [0.1, 0.15) is 5.84 Å². The highest BCUT2D eigenvalue weighted by molar-refractivity contribution is 5.79. The molecule has 1 heterocycles. The summed E-state index contributed by atoms with van der Waals surface area (Å²) in [5.74, 6) is 0.397. The predicted octanol–water partition coefficient (Wildman–Crippen LogP) is -0.275.